The number of non-ortho nitro benzene ring substituents is 1. The van der Waals surface area contributed by atoms with Crippen molar-refractivity contribution >= 4 is 39.4 Å². The Morgan fingerprint density at radius 3 is 2.50 bits per heavy atom. The van der Waals surface area contributed by atoms with Crippen LogP contribution in [-0.2, 0) is 21.4 Å². The minimum atomic E-state index is -4.03. The number of carbonyl (C=O) groups is 1. The largest absolute Gasteiger partial charge is 0.272 e. The van der Waals surface area contributed by atoms with Crippen molar-refractivity contribution in [3.8, 4) is 0 Å². The molecule has 0 aromatic heterocycles. The van der Waals surface area contributed by atoms with Crippen LogP contribution in [-0.4, -0.2) is 36.3 Å². The summed E-state index contributed by atoms with van der Waals surface area (Å²) < 4.78 is 27.6. The Bertz CT molecular complexity index is 1330. The molecular formula is C23H21ClN4O5S. The van der Waals surface area contributed by atoms with E-state index in [1.54, 1.807) is 18.2 Å². The molecule has 0 atom stereocenters. The molecule has 0 saturated carbocycles. The van der Waals surface area contributed by atoms with Gasteiger partial charge in [0.15, 0.2) is 0 Å². The van der Waals surface area contributed by atoms with E-state index in [9.17, 15) is 23.3 Å². The molecule has 0 saturated heterocycles. The Kier molecular flexibility index (Phi) is 8.11. The Balaban J connectivity index is 1.80. The van der Waals surface area contributed by atoms with Crippen LogP contribution in [0.3, 0.4) is 0 Å². The second-order valence-electron chi connectivity index (χ2n) is 7.30. The summed E-state index contributed by atoms with van der Waals surface area (Å²) in [5, 5.41) is 15.1. The number of carbonyl (C=O) groups excluding carboxylic acids is 1. The highest BCUT2D eigenvalue weighted by atomic mass is 35.5. The van der Waals surface area contributed by atoms with E-state index in [-0.39, 0.29) is 17.1 Å². The van der Waals surface area contributed by atoms with Crippen LogP contribution in [0.25, 0.3) is 0 Å². The summed E-state index contributed by atoms with van der Waals surface area (Å²) in [6, 6.07) is 18.7. The Hall–Kier alpha value is -3.60. The number of hydrazone groups is 1. The van der Waals surface area contributed by atoms with E-state index in [1.807, 2.05) is 19.1 Å². The summed E-state index contributed by atoms with van der Waals surface area (Å²) in [4.78, 5) is 22.9. The molecule has 9 nitrogen and oxygen atoms in total. The van der Waals surface area contributed by atoms with Gasteiger partial charge in [0.1, 0.15) is 0 Å². The average molecular weight is 501 g/mol. The van der Waals surface area contributed by atoms with Crippen LogP contribution in [0.15, 0.2) is 82.8 Å². The van der Waals surface area contributed by atoms with Gasteiger partial charge in [-0.2, -0.15) is 9.41 Å². The van der Waals surface area contributed by atoms with E-state index < -0.39 is 27.4 Å². The van der Waals surface area contributed by atoms with Gasteiger partial charge in [0.2, 0.25) is 10.0 Å². The van der Waals surface area contributed by atoms with Gasteiger partial charge in [0, 0.05) is 29.3 Å². The van der Waals surface area contributed by atoms with Crippen molar-refractivity contribution in [2.45, 2.75) is 18.4 Å². The summed E-state index contributed by atoms with van der Waals surface area (Å²) in [6.07, 6.45) is 1.24. The van der Waals surface area contributed by atoms with Crippen molar-refractivity contribution in [2.24, 2.45) is 5.10 Å². The molecule has 0 spiro atoms. The van der Waals surface area contributed by atoms with Gasteiger partial charge >= 0.3 is 0 Å². The summed E-state index contributed by atoms with van der Waals surface area (Å²) in [7, 11) is -4.03. The maximum absolute atomic E-state index is 13.3. The lowest BCUT2D eigenvalue weighted by Gasteiger charge is -2.22. The van der Waals surface area contributed by atoms with Gasteiger partial charge in [-0.25, -0.2) is 13.8 Å². The van der Waals surface area contributed by atoms with Crippen LogP contribution in [0.5, 0.6) is 0 Å². The van der Waals surface area contributed by atoms with Gasteiger partial charge in [-0.15, -0.1) is 0 Å². The van der Waals surface area contributed by atoms with Gasteiger partial charge in [-0.3, -0.25) is 14.9 Å². The van der Waals surface area contributed by atoms with Gasteiger partial charge in [0.25, 0.3) is 11.6 Å². The van der Waals surface area contributed by atoms with Gasteiger partial charge in [0.05, 0.1) is 22.6 Å². The molecule has 0 bridgehead atoms. The molecule has 0 fully saturated rings. The molecule has 11 heteroatoms. The number of hydrogen-bond donors (Lipinski definition) is 1. The number of halogens is 1. The van der Waals surface area contributed by atoms with Crippen molar-refractivity contribution in [3.63, 3.8) is 0 Å². The van der Waals surface area contributed by atoms with E-state index >= 15 is 0 Å². The highest BCUT2D eigenvalue weighted by Crippen LogP contribution is 2.21. The fraction of sp³-hybridized carbons (Fsp3) is 0.130. The first-order chi connectivity index (χ1) is 16.2. The first kappa shape index (κ1) is 25.0. The summed E-state index contributed by atoms with van der Waals surface area (Å²) in [5.74, 6) is -0.673. The van der Waals surface area contributed by atoms with Crippen LogP contribution in [0.2, 0.25) is 5.02 Å². The second kappa shape index (κ2) is 11.0. The summed E-state index contributed by atoms with van der Waals surface area (Å²) in [6.45, 7) is 1.33. The van der Waals surface area contributed by atoms with Crippen LogP contribution >= 0.6 is 11.6 Å². The third-order valence-electron chi connectivity index (χ3n) is 4.86. The second-order valence-corrected chi connectivity index (χ2v) is 9.67. The maximum atomic E-state index is 13.3. The quantitative estimate of drug-likeness (QED) is 0.271. The number of nitro benzene ring substituents is 1. The maximum Gasteiger partial charge on any atom is 0.270 e. The molecule has 1 amide bonds. The van der Waals surface area contributed by atoms with Crippen molar-refractivity contribution in [2.75, 3.05) is 6.54 Å². The van der Waals surface area contributed by atoms with Gasteiger partial charge in [-0.1, -0.05) is 48.0 Å². The van der Waals surface area contributed by atoms with E-state index in [0.717, 1.165) is 15.4 Å². The van der Waals surface area contributed by atoms with Crippen LogP contribution < -0.4 is 5.43 Å². The molecule has 0 aliphatic heterocycles. The minimum Gasteiger partial charge on any atom is -0.272 e. The van der Waals surface area contributed by atoms with E-state index in [1.165, 1.54) is 48.7 Å². The molecule has 0 unspecified atom stereocenters. The van der Waals surface area contributed by atoms with E-state index in [0.29, 0.717) is 10.6 Å². The van der Waals surface area contributed by atoms with Crippen molar-refractivity contribution in [1.29, 1.82) is 0 Å². The number of benzene rings is 3. The van der Waals surface area contributed by atoms with Crippen LogP contribution in [0.4, 0.5) is 5.69 Å². The third-order valence-corrected chi connectivity index (χ3v) is 6.92. The number of nitrogens with zero attached hydrogens (tertiary/aromatic N) is 3. The van der Waals surface area contributed by atoms with Gasteiger partial charge in [-0.05, 0) is 42.3 Å². The lowest BCUT2D eigenvalue weighted by atomic mass is 10.1. The van der Waals surface area contributed by atoms with E-state index in [4.69, 9.17) is 11.6 Å². The molecule has 3 aromatic carbocycles. The first-order valence-electron chi connectivity index (χ1n) is 10.0. The third kappa shape index (κ3) is 6.47. The van der Waals surface area contributed by atoms with Crippen molar-refractivity contribution in [1.82, 2.24) is 9.73 Å². The van der Waals surface area contributed by atoms with Gasteiger partial charge < -0.3 is 0 Å². The Morgan fingerprint density at radius 1 is 1.12 bits per heavy atom. The first-order valence-corrected chi connectivity index (χ1v) is 11.9. The highest BCUT2D eigenvalue weighted by molar-refractivity contribution is 7.89. The minimum absolute atomic E-state index is 0.00150. The number of aryl methyl sites for hydroxylation is 1. The number of nitrogens with one attached hydrogen (secondary N) is 1. The summed E-state index contributed by atoms with van der Waals surface area (Å²) in [5.41, 5.74) is 4.18. The molecule has 0 aliphatic carbocycles. The monoisotopic (exact) mass is 500 g/mol. The molecule has 0 radical (unpaired) electrons. The summed E-state index contributed by atoms with van der Waals surface area (Å²) >= 11 is 5.89. The number of nitro groups is 1. The van der Waals surface area contributed by atoms with Crippen molar-refractivity contribution < 1.29 is 18.1 Å². The SMILES string of the molecule is Cc1ccccc1CN(CC(=O)N/N=C\c1cccc([N+](=O)[O-])c1)S(=O)(=O)c1ccc(Cl)cc1. The van der Waals surface area contributed by atoms with Crippen LogP contribution in [0, 0.1) is 17.0 Å². The molecule has 0 aliphatic rings. The normalized spacial score (nSPS) is 11.6. The number of amides is 1. The molecule has 0 heterocycles. The zero-order valence-electron chi connectivity index (χ0n) is 18.1. The fourth-order valence-electron chi connectivity index (χ4n) is 3.05. The molecular weight excluding hydrogens is 480 g/mol. The number of rotatable bonds is 9. The predicted molar refractivity (Wildman–Crippen MR) is 129 cm³/mol. The molecule has 3 rings (SSSR count). The Labute approximate surface area is 201 Å². The predicted octanol–water partition coefficient (Wildman–Crippen LogP) is 3.90. The Morgan fingerprint density at radius 2 is 1.82 bits per heavy atom. The van der Waals surface area contributed by atoms with E-state index in [2.05, 4.69) is 10.5 Å². The standard InChI is InChI=1S/C23H21ClN4O5S/c1-17-5-2-3-7-19(17)15-27(34(32,33)22-11-9-20(24)10-12-22)16-23(29)26-25-14-18-6-4-8-21(13-18)28(30)31/h2-14H,15-16H2,1H3,(H,26,29)/b25-14-. The molecule has 34 heavy (non-hydrogen) atoms. The molecule has 176 valence electrons. The van der Waals surface area contributed by atoms with Crippen molar-refractivity contribution in [3.05, 3.63) is 105 Å². The topological polar surface area (TPSA) is 122 Å². The lowest BCUT2D eigenvalue weighted by Crippen LogP contribution is -2.39. The molecule has 3 aromatic rings. The fourth-order valence-corrected chi connectivity index (χ4v) is 4.55. The average Bonchev–Trinajstić information content (AvgIpc) is 2.80. The smallest absolute Gasteiger partial charge is 0.270 e. The number of hydrogen-bond acceptors (Lipinski definition) is 6. The zero-order chi connectivity index (χ0) is 24.7. The zero-order valence-corrected chi connectivity index (χ0v) is 19.7. The number of sulfonamides is 1. The molecule has 1 N–H and O–H groups in total. The highest BCUT2D eigenvalue weighted by Gasteiger charge is 2.27. The van der Waals surface area contributed by atoms with Crippen LogP contribution in [0.1, 0.15) is 16.7 Å². The lowest BCUT2D eigenvalue weighted by molar-refractivity contribution is -0.384.